The van der Waals surface area contributed by atoms with E-state index in [4.69, 9.17) is 4.74 Å². The summed E-state index contributed by atoms with van der Waals surface area (Å²) in [6.07, 6.45) is 1.82. The molecule has 1 spiro atoms. The molecule has 24 heavy (non-hydrogen) atoms. The van der Waals surface area contributed by atoms with E-state index in [0.29, 0.717) is 31.7 Å². The van der Waals surface area contributed by atoms with Crippen LogP contribution in [0.5, 0.6) is 0 Å². The maximum atomic E-state index is 12.5. The molecule has 6 nitrogen and oxygen atoms in total. The van der Waals surface area contributed by atoms with Crippen molar-refractivity contribution in [3.05, 3.63) is 35.4 Å². The van der Waals surface area contributed by atoms with Crippen molar-refractivity contribution in [3.63, 3.8) is 0 Å². The van der Waals surface area contributed by atoms with Crippen molar-refractivity contribution in [1.29, 1.82) is 0 Å². The third kappa shape index (κ3) is 3.30. The molecule has 1 aromatic rings. The lowest BCUT2D eigenvalue weighted by atomic mass is 9.58. The summed E-state index contributed by atoms with van der Waals surface area (Å²) in [7, 11) is 0. The minimum Gasteiger partial charge on any atom is -0.392 e. The topological polar surface area (TPSA) is 87.7 Å². The van der Waals surface area contributed by atoms with E-state index in [9.17, 15) is 14.7 Å². The van der Waals surface area contributed by atoms with Crippen LogP contribution in [0, 0.1) is 5.41 Å². The van der Waals surface area contributed by atoms with Crippen LogP contribution in [0.3, 0.4) is 0 Å². The fourth-order valence-electron chi connectivity index (χ4n) is 3.64. The third-order valence-electron chi connectivity index (χ3n) is 5.30. The number of hydrogen-bond donors (Lipinski definition) is 3. The lowest BCUT2D eigenvalue weighted by molar-refractivity contribution is -0.145. The van der Waals surface area contributed by atoms with Crippen LogP contribution >= 0.6 is 0 Å². The van der Waals surface area contributed by atoms with Crippen molar-refractivity contribution in [2.45, 2.75) is 44.9 Å². The van der Waals surface area contributed by atoms with Crippen LogP contribution in [0.2, 0.25) is 0 Å². The molecule has 3 N–H and O–H groups in total. The van der Waals surface area contributed by atoms with Gasteiger partial charge in [0.05, 0.1) is 6.10 Å². The first-order chi connectivity index (χ1) is 11.5. The van der Waals surface area contributed by atoms with E-state index in [1.807, 2.05) is 12.1 Å². The molecule has 2 atom stereocenters. The lowest BCUT2D eigenvalue weighted by Crippen LogP contribution is -2.65. The van der Waals surface area contributed by atoms with Crippen LogP contribution in [0.25, 0.3) is 0 Å². The molecule has 1 saturated heterocycles. The zero-order valence-corrected chi connectivity index (χ0v) is 13.9. The largest absolute Gasteiger partial charge is 0.392 e. The monoisotopic (exact) mass is 332 g/mol. The predicted octanol–water partition coefficient (Wildman–Crippen LogP) is 0.982. The zero-order chi connectivity index (χ0) is 17.2. The van der Waals surface area contributed by atoms with Crippen LogP contribution in [0.15, 0.2) is 24.3 Å². The summed E-state index contributed by atoms with van der Waals surface area (Å²) < 4.78 is 5.39. The lowest BCUT2D eigenvalue weighted by Gasteiger charge is -2.55. The van der Waals surface area contributed by atoms with Crippen molar-refractivity contribution in [3.8, 4) is 0 Å². The minimum atomic E-state index is -0.355. The Morgan fingerprint density at radius 2 is 1.92 bits per heavy atom. The van der Waals surface area contributed by atoms with Crippen molar-refractivity contribution < 1.29 is 19.4 Å². The number of carbonyl (C=O) groups excluding carboxylic acids is 2. The molecule has 1 saturated carbocycles. The van der Waals surface area contributed by atoms with Gasteiger partial charge >= 0.3 is 0 Å². The number of carbonyl (C=O) groups is 2. The third-order valence-corrected chi connectivity index (χ3v) is 5.30. The van der Waals surface area contributed by atoms with E-state index in [-0.39, 0.29) is 29.4 Å². The van der Waals surface area contributed by atoms with E-state index < -0.39 is 0 Å². The van der Waals surface area contributed by atoms with E-state index in [0.717, 1.165) is 18.4 Å². The van der Waals surface area contributed by atoms with Crippen LogP contribution in [-0.4, -0.2) is 42.3 Å². The van der Waals surface area contributed by atoms with Gasteiger partial charge in [-0.2, -0.15) is 0 Å². The molecular weight excluding hydrogens is 308 g/mol. The Labute approximate surface area is 141 Å². The van der Waals surface area contributed by atoms with Gasteiger partial charge in [0.1, 0.15) is 0 Å². The molecule has 1 heterocycles. The average Bonchev–Trinajstić information content (AvgIpc) is 2.60. The van der Waals surface area contributed by atoms with Crippen LogP contribution in [-0.2, 0) is 16.1 Å². The average molecular weight is 332 g/mol. The number of nitrogens with one attached hydrogen (secondary N) is 2. The predicted molar refractivity (Wildman–Crippen MR) is 88.3 cm³/mol. The molecule has 0 unspecified atom stereocenters. The molecule has 1 aliphatic heterocycles. The maximum Gasteiger partial charge on any atom is 0.251 e. The van der Waals surface area contributed by atoms with Gasteiger partial charge in [0.15, 0.2) is 0 Å². The van der Waals surface area contributed by atoms with Gasteiger partial charge in [0.25, 0.3) is 5.91 Å². The molecule has 0 aromatic heterocycles. The molecule has 6 heteroatoms. The fraction of sp³-hybridized carbons (Fsp3) is 0.556. The van der Waals surface area contributed by atoms with Gasteiger partial charge in [-0.25, -0.2) is 0 Å². The van der Waals surface area contributed by atoms with Crippen molar-refractivity contribution in [2.75, 3.05) is 13.2 Å². The van der Waals surface area contributed by atoms with Gasteiger partial charge in [0.2, 0.25) is 5.91 Å². The second-order valence-electron chi connectivity index (χ2n) is 6.73. The highest BCUT2D eigenvalue weighted by atomic mass is 16.5. The first-order valence-corrected chi connectivity index (χ1v) is 8.41. The number of aliphatic hydroxyl groups is 1. The number of ether oxygens (including phenoxy) is 1. The Balaban J connectivity index is 1.59. The van der Waals surface area contributed by atoms with E-state index in [1.54, 1.807) is 12.1 Å². The highest BCUT2D eigenvalue weighted by Gasteiger charge is 2.55. The second-order valence-corrected chi connectivity index (χ2v) is 6.73. The van der Waals surface area contributed by atoms with Gasteiger partial charge in [-0.1, -0.05) is 12.1 Å². The fourth-order valence-corrected chi connectivity index (χ4v) is 3.64. The van der Waals surface area contributed by atoms with Crippen LogP contribution in [0.4, 0.5) is 0 Å². The number of aliphatic hydroxyl groups excluding tert-OH is 1. The van der Waals surface area contributed by atoms with Gasteiger partial charge in [0, 0.05) is 43.7 Å². The summed E-state index contributed by atoms with van der Waals surface area (Å²) in [5.41, 5.74) is 1.31. The number of rotatable bonds is 4. The molecule has 0 radical (unpaired) electrons. The van der Waals surface area contributed by atoms with Gasteiger partial charge in [-0.05, 0) is 37.0 Å². The number of amides is 2. The standard InChI is InChI=1S/C18H24N2O4/c1-12(21)19-11-13-2-4-14(5-3-13)17(23)20-15-10-16(22)18(15)6-8-24-9-7-18/h2-5,15-16,22H,6-11H2,1H3,(H,19,21)(H,20,23)/t15-,16-/m1/s1. The minimum absolute atomic E-state index is 0.00274. The smallest absolute Gasteiger partial charge is 0.251 e. The maximum absolute atomic E-state index is 12.5. The van der Waals surface area contributed by atoms with Crippen molar-refractivity contribution >= 4 is 11.8 Å². The highest BCUT2D eigenvalue weighted by Crippen LogP contribution is 2.49. The molecule has 3 rings (SSSR count). The van der Waals surface area contributed by atoms with Crippen molar-refractivity contribution in [1.82, 2.24) is 10.6 Å². The van der Waals surface area contributed by atoms with Crippen molar-refractivity contribution in [2.24, 2.45) is 5.41 Å². The molecule has 2 amide bonds. The Kier molecular flexibility index (Phi) is 4.87. The van der Waals surface area contributed by atoms with E-state index in [2.05, 4.69) is 10.6 Å². The number of benzene rings is 1. The molecule has 1 aliphatic carbocycles. The first-order valence-electron chi connectivity index (χ1n) is 8.41. The van der Waals surface area contributed by atoms with Gasteiger partial charge < -0.3 is 20.5 Å². The Morgan fingerprint density at radius 1 is 1.25 bits per heavy atom. The quantitative estimate of drug-likeness (QED) is 0.767. The number of hydrogen-bond acceptors (Lipinski definition) is 4. The highest BCUT2D eigenvalue weighted by molar-refractivity contribution is 5.94. The summed E-state index contributed by atoms with van der Waals surface area (Å²) in [6, 6.07) is 7.20. The Hall–Kier alpha value is -1.92. The summed E-state index contributed by atoms with van der Waals surface area (Å²) in [5.74, 6) is -0.203. The van der Waals surface area contributed by atoms with Crippen LogP contribution < -0.4 is 10.6 Å². The van der Waals surface area contributed by atoms with Crippen LogP contribution in [0.1, 0.15) is 42.1 Å². The Bertz CT molecular complexity index is 608. The SMILES string of the molecule is CC(=O)NCc1ccc(C(=O)N[C@@H]2C[C@@H](O)C23CCOCC3)cc1. The second kappa shape index (κ2) is 6.91. The summed E-state index contributed by atoms with van der Waals surface area (Å²) in [5, 5.41) is 16.0. The molecule has 130 valence electrons. The van der Waals surface area contributed by atoms with E-state index in [1.165, 1.54) is 6.92 Å². The molecule has 0 bridgehead atoms. The Morgan fingerprint density at radius 3 is 2.50 bits per heavy atom. The van der Waals surface area contributed by atoms with E-state index >= 15 is 0 Å². The van der Waals surface area contributed by atoms with Gasteiger partial charge in [-0.15, -0.1) is 0 Å². The molecule has 1 aromatic carbocycles. The zero-order valence-electron chi connectivity index (χ0n) is 13.9. The summed E-state index contributed by atoms with van der Waals surface area (Å²) in [4.78, 5) is 23.4. The normalized spacial score (nSPS) is 24.9. The molecule has 2 aliphatic rings. The molecular formula is C18H24N2O4. The van der Waals surface area contributed by atoms with Gasteiger partial charge in [-0.3, -0.25) is 9.59 Å². The summed E-state index contributed by atoms with van der Waals surface area (Å²) in [6.45, 7) is 3.21. The summed E-state index contributed by atoms with van der Waals surface area (Å²) >= 11 is 0. The molecule has 2 fully saturated rings. The first kappa shape index (κ1) is 16.9.